The number of rotatable bonds is 10. The van der Waals surface area contributed by atoms with Crippen LogP contribution in [0.3, 0.4) is 0 Å². The summed E-state index contributed by atoms with van der Waals surface area (Å²) >= 11 is 14.4. The second-order valence-corrected chi connectivity index (χ2v) is 16.6. The minimum Gasteiger partial charge on any atom is -0.495 e. The van der Waals surface area contributed by atoms with Crippen molar-refractivity contribution < 1.29 is 19.1 Å². The molecule has 0 unspecified atom stereocenters. The molecular weight excluding hydrogens is 986 g/mol. The lowest BCUT2D eigenvalue weighted by Gasteiger charge is -2.36. The number of aliphatic imine (C=N–C) groups is 1. The number of aromatic nitrogens is 6. The Morgan fingerprint density at radius 1 is 0.708 bits per heavy atom. The third-order valence-electron chi connectivity index (χ3n) is 10.9. The maximum absolute atomic E-state index is 13.1. The first-order chi connectivity index (χ1) is 31.1. The Bertz CT molecular complexity index is 2590. The molecule has 4 aromatic heterocycles. The summed E-state index contributed by atoms with van der Waals surface area (Å²) in [5.41, 5.74) is 14.1. The van der Waals surface area contributed by atoms with Crippen molar-refractivity contribution in [3.8, 4) is 11.5 Å². The largest absolute Gasteiger partial charge is 0.495 e. The van der Waals surface area contributed by atoms with E-state index in [9.17, 15) is 9.59 Å². The summed E-state index contributed by atoms with van der Waals surface area (Å²) in [5, 5.41) is 15.4. The van der Waals surface area contributed by atoms with Crippen LogP contribution in [0.4, 0.5) is 11.4 Å². The number of amides is 2. The van der Waals surface area contributed by atoms with Crippen LogP contribution in [0.15, 0.2) is 78.0 Å². The number of ether oxygens (including phenoxy) is 2. The molecule has 0 aliphatic carbocycles. The summed E-state index contributed by atoms with van der Waals surface area (Å²) < 4.78 is 14.9. The molecule has 21 heteroatoms. The number of fused-ring (bicyclic) bond motifs is 2. The molecular formula is C44H55Cl2IN14O4. The van der Waals surface area contributed by atoms with Crippen molar-refractivity contribution in [2.75, 3.05) is 103 Å². The van der Waals surface area contributed by atoms with Crippen molar-refractivity contribution in [2.24, 2.45) is 16.5 Å². The van der Waals surface area contributed by atoms with E-state index in [1.54, 1.807) is 36.0 Å². The van der Waals surface area contributed by atoms with Crippen LogP contribution in [0.2, 0.25) is 10.0 Å². The zero-order valence-corrected chi connectivity index (χ0v) is 39.3. The summed E-state index contributed by atoms with van der Waals surface area (Å²) in [6, 6.07) is 19.2. The van der Waals surface area contributed by atoms with E-state index < -0.39 is 0 Å². The smallest absolute Gasteiger partial charge is 0.244 e. The SMILES string of the molecule is C.COc1cc(N2CCN(C(=O)Cn3nc(C4=NCCN4)c4cccnc43)CC2)ccc1Cl.COc1cc(N2CCN(C(=O)Cn3nc(I)c4cccnc43)CC2)ccc1Cl.NCCN. The minimum absolute atomic E-state index is 0. The molecule has 2 aromatic carbocycles. The number of hydrogen-bond donors (Lipinski definition) is 3. The third-order valence-corrected chi connectivity index (χ3v) is 12.3. The van der Waals surface area contributed by atoms with Gasteiger partial charge in [0.2, 0.25) is 11.8 Å². The standard InChI is InChI=1S/C22H24ClN7O2.C19H19ClIN5O2.C2H8N2.CH4/c1-32-18-13-15(4-5-17(18)23)28-9-11-29(12-10-28)19(31)14-30-22-16(3-2-6-26-22)20(27-30)21-24-7-8-25-21;1-28-16-11-13(4-5-15(16)20)24-7-9-25(10-8-24)17(27)12-26-19-14(18(21)23-26)3-2-6-22-19;3-1-2-4;/h2-6,13H,7-12,14H2,1H3,(H,24,25);2-6,11H,7-10,12H2,1H3;1-4H2;1H4. The number of halogens is 3. The average molecular weight is 1040 g/mol. The average Bonchev–Trinajstić information content (AvgIpc) is 4.08. The molecule has 0 saturated carbocycles. The highest BCUT2D eigenvalue weighted by Crippen LogP contribution is 2.31. The molecule has 3 aliphatic heterocycles. The summed E-state index contributed by atoms with van der Waals surface area (Å²) in [5.74, 6) is 2.16. The molecule has 7 heterocycles. The van der Waals surface area contributed by atoms with Gasteiger partial charge < -0.3 is 45.9 Å². The van der Waals surface area contributed by atoms with Crippen LogP contribution < -0.4 is 36.1 Å². The number of nitrogens with two attached hydrogens (primary N) is 2. The van der Waals surface area contributed by atoms with Gasteiger partial charge in [-0.3, -0.25) is 14.6 Å². The van der Waals surface area contributed by atoms with Crippen molar-refractivity contribution >= 4 is 96.9 Å². The quantitative estimate of drug-likeness (QED) is 0.163. The third kappa shape index (κ3) is 11.7. The van der Waals surface area contributed by atoms with Crippen molar-refractivity contribution in [1.29, 1.82) is 0 Å². The predicted molar refractivity (Wildman–Crippen MR) is 266 cm³/mol. The second-order valence-electron chi connectivity index (χ2n) is 14.8. The van der Waals surface area contributed by atoms with Gasteiger partial charge in [-0.05, 0) is 71.1 Å². The van der Waals surface area contributed by atoms with E-state index in [1.807, 2.05) is 70.5 Å². The van der Waals surface area contributed by atoms with E-state index in [-0.39, 0.29) is 32.3 Å². The van der Waals surface area contributed by atoms with Crippen LogP contribution >= 0.6 is 45.8 Å². The molecule has 0 radical (unpaired) electrons. The van der Waals surface area contributed by atoms with Gasteiger partial charge in [-0.2, -0.15) is 10.2 Å². The van der Waals surface area contributed by atoms with E-state index in [0.29, 0.717) is 66.5 Å². The highest BCUT2D eigenvalue weighted by molar-refractivity contribution is 14.1. The lowest BCUT2D eigenvalue weighted by atomic mass is 10.2. The van der Waals surface area contributed by atoms with Crippen LogP contribution in [0.25, 0.3) is 22.1 Å². The fourth-order valence-corrected chi connectivity index (χ4v) is 8.58. The Labute approximate surface area is 402 Å². The van der Waals surface area contributed by atoms with Gasteiger partial charge in [-0.25, -0.2) is 19.3 Å². The van der Waals surface area contributed by atoms with Crippen LogP contribution in [-0.2, 0) is 22.7 Å². The molecule has 0 spiro atoms. The fourth-order valence-electron chi connectivity index (χ4n) is 7.51. The number of carbonyl (C=O) groups excluding carboxylic acids is 2. The first kappa shape index (κ1) is 49.0. The van der Waals surface area contributed by atoms with Gasteiger partial charge in [-0.1, -0.05) is 30.6 Å². The molecule has 0 bridgehead atoms. The van der Waals surface area contributed by atoms with Gasteiger partial charge in [0.25, 0.3) is 0 Å². The molecule has 3 aliphatic rings. The molecule has 6 aromatic rings. The number of pyridine rings is 2. The number of carbonyl (C=O) groups is 2. The lowest BCUT2D eigenvalue weighted by molar-refractivity contribution is -0.133. The topological polar surface area (TPSA) is 203 Å². The Morgan fingerprint density at radius 3 is 1.65 bits per heavy atom. The molecule has 0 atom stereocenters. The Morgan fingerprint density at radius 2 is 1.18 bits per heavy atom. The summed E-state index contributed by atoms with van der Waals surface area (Å²) in [6.45, 7) is 8.65. The van der Waals surface area contributed by atoms with E-state index in [1.165, 1.54) is 0 Å². The number of hydrogen-bond acceptors (Lipinski definition) is 14. The Hall–Kier alpha value is -5.48. The van der Waals surface area contributed by atoms with Gasteiger partial charge in [0.1, 0.15) is 39.8 Å². The van der Waals surface area contributed by atoms with Crippen LogP contribution in [0.5, 0.6) is 11.5 Å². The summed E-state index contributed by atoms with van der Waals surface area (Å²) in [6.07, 6.45) is 3.44. The minimum atomic E-state index is 0. The fraction of sp³-hybridized carbons (Fsp3) is 0.386. The maximum Gasteiger partial charge on any atom is 0.244 e. The number of nitrogens with one attached hydrogen (secondary N) is 1. The predicted octanol–water partition coefficient (Wildman–Crippen LogP) is 4.38. The monoisotopic (exact) mass is 1040 g/mol. The van der Waals surface area contributed by atoms with E-state index in [0.717, 1.165) is 82.3 Å². The van der Waals surface area contributed by atoms with Crippen LogP contribution in [0.1, 0.15) is 13.1 Å². The lowest BCUT2D eigenvalue weighted by Crippen LogP contribution is -2.49. The zero-order valence-electron chi connectivity index (χ0n) is 35.7. The molecule has 18 nitrogen and oxygen atoms in total. The highest BCUT2D eigenvalue weighted by atomic mass is 127. The van der Waals surface area contributed by atoms with E-state index >= 15 is 0 Å². The number of benzene rings is 2. The number of amidine groups is 1. The molecule has 346 valence electrons. The second kappa shape index (κ2) is 23.1. The van der Waals surface area contributed by atoms with Crippen LogP contribution in [-0.4, -0.2) is 150 Å². The summed E-state index contributed by atoms with van der Waals surface area (Å²) in [4.78, 5) is 47.4. The number of nitrogens with zero attached hydrogens (tertiary/aromatic N) is 11. The number of anilines is 2. The number of methoxy groups -OCH3 is 2. The molecule has 2 amide bonds. The Kier molecular flexibility index (Phi) is 17.4. The van der Waals surface area contributed by atoms with E-state index in [2.05, 4.69) is 62.9 Å². The molecule has 2 fully saturated rings. The van der Waals surface area contributed by atoms with Crippen molar-refractivity contribution in [3.05, 3.63) is 92.5 Å². The van der Waals surface area contributed by atoms with Crippen LogP contribution in [0, 0.1) is 3.70 Å². The van der Waals surface area contributed by atoms with Crippen molar-refractivity contribution in [3.63, 3.8) is 0 Å². The summed E-state index contributed by atoms with van der Waals surface area (Å²) in [7, 11) is 3.22. The van der Waals surface area contributed by atoms with Gasteiger partial charge in [0.15, 0.2) is 11.3 Å². The normalized spacial score (nSPS) is 14.7. The van der Waals surface area contributed by atoms with Gasteiger partial charge >= 0.3 is 0 Å². The Balaban J connectivity index is 0.000000198. The molecule has 2 saturated heterocycles. The molecule has 5 N–H and O–H groups in total. The maximum atomic E-state index is 13.1. The first-order valence-corrected chi connectivity index (χ1v) is 22.7. The van der Waals surface area contributed by atoms with Crippen molar-refractivity contribution in [2.45, 2.75) is 20.5 Å². The van der Waals surface area contributed by atoms with Gasteiger partial charge in [-0.15, -0.1) is 0 Å². The highest BCUT2D eigenvalue weighted by Gasteiger charge is 2.26. The zero-order chi connectivity index (χ0) is 45.2. The van der Waals surface area contributed by atoms with Crippen molar-refractivity contribution in [1.82, 2.24) is 44.6 Å². The van der Waals surface area contributed by atoms with Gasteiger partial charge in [0, 0.05) is 108 Å². The van der Waals surface area contributed by atoms with Gasteiger partial charge in [0.05, 0.1) is 41.6 Å². The first-order valence-electron chi connectivity index (χ1n) is 20.8. The van der Waals surface area contributed by atoms with E-state index in [4.69, 9.17) is 44.1 Å². The number of piperazine rings is 2. The molecule has 9 rings (SSSR count). The molecule has 65 heavy (non-hydrogen) atoms.